The lowest BCUT2D eigenvalue weighted by Gasteiger charge is -2.33. The van der Waals surface area contributed by atoms with Gasteiger partial charge in [0.05, 0.1) is 12.2 Å². The van der Waals surface area contributed by atoms with Crippen LogP contribution in [0.3, 0.4) is 0 Å². The lowest BCUT2D eigenvalue weighted by atomic mass is 9.77. The third-order valence-corrected chi connectivity index (χ3v) is 4.36. The average Bonchev–Trinajstić information content (AvgIpc) is 2.86. The summed E-state index contributed by atoms with van der Waals surface area (Å²) in [4.78, 5) is 14.4. The van der Waals surface area contributed by atoms with Gasteiger partial charge in [0.2, 0.25) is 5.91 Å². The molecule has 4 nitrogen and oxygen atoms in total. The van der Waals surface area contributed by atoms with Gasteiger partial charge in [-0.3, -0.25) is 4.79 Å². The van der Waals surface area contributed by atoms with Gasteiger partial charge in [0.15, 0.2) is 0 Å². The molecule has 0 aromatic rings. The summed E-state index contributed by atoms with van der Waals surface area (Å²) in [6.07, 6.45) is 3.56. The third kappa shape index (κ3) is 2.54. The summed E-state index contributed by atoms with van der Waals surface area (Å²) in [7, 11) is 0. The molecule has 1 aliphatic heterocycles. The van der Waals surface area contributed by atoms with E-state index in [9.17, 15) is 15.0 Å². The number of carbonyl (C=O) groups excluding carboxylic acids is 1. The molecule has 2 fully saturated rings. The summed E-state index contributed by atoms with van der Waals surface area (Å²) in [5, 5.41) is 19.2. The summed E-state index contributed by atoms with van der Waals surface area (Å²) in [6, 6.07) is 0. The van der Waals surface area contributed by atoms with E-state index in [0.717, 1.165) is 32.1 Å². The Morgan fingerprint density at radius 2 is 1.72 bits per heavy atom. The molecule has 4 heteroatoms. The van der Waals surface area contributed by atoms with Crippen molar-refractivity contribution in [3.63, 3.8) is 0 Å². The molecule has 2 N–H and O–H groups in total. The van der Waals surface area contributed by atoms with E-state index >= 15 is 0 Å². The van der Waals surface area contributed by atoms with Gasteiger partial charge in [-0.15, -0.1) is 0 Å². The number of aliphatic hydroxyl groups is 2. The van der Waals surface area contributed by atoms with Gasteiger partial charge in [0, 0.05) is 18.5 Å². The summed E-state index contributed by atoms with van der Waals surface area (Å²) in [5.74, 6) is 0.661. The van der Waals surface area contributed by atoms with Crippen molar-refractivity contribution in [3.8, 4) is 0 Å². The van der Waals surface area contributed by atoms with Crippen LogP contribution in [0.1, 0.15) is 46.0 Å². The normalized spacial score (nSPS) is 31.3. The van der Waals surface area contributed by atoms with Crippen LogP contribution in [0.15, 0.2) is 0 Å². The molecule has 1 saturated carbocycles. The maximum absolute atomic E-state index is 12.7. The molecule has 104 valence electrons. The predicted octanol–water partition coefficient (Wildman–Crippen LogP) is 1.16. The molecular formula is C14H25NO3. The Hall–Kier alpha value is -0.610. The molecule has 2 atom stereocenters. The van der Waals surface area contributed by atoms with E-state index < -0.39 is 12.2 Å². The number of likely N-dealkylation sites (tertiary alicyclic amines) is 1. The number of aliphatic hydroxyl groups excluding tert-OH is 2. The predicted molar refractivity (Wildman–Crippen MR) is 68.9 cm³/mol. The zero-order chi connectivity index (χ0) is 13.3. The van der Waals surface area contributed by atoms with Crippen LogP contribution in [0.2, 0.25) is 0 Å². The number of hydrogen-bond donors (Lipinski definition) is 2. The highest BCUT2D eigenvalue weighted by molar-refractivity contribution is 5.83. The van der Waals surface area contributed by atoms with Crippen molar-refractivity contribution in [2.45, 2.75) is 58.2 Å². The van der Waals surface area contributed by atoms with E-state index in [1.807, 2.05) is 0 Å². The molecule has 2 rings (SSSR count). The van der Waals surface area contributed by atoms with Crippen LogP contribution in [0.5, 0.6) is 0 Å². The Kier molecular flexibility index (Phi) is 3.97. The van der Waals surface area contributed by atoms with Gasteiger partial charge in [-0.1, -0.05) is 26.7 Å². The van der Waals surface area contributed by atoms with Crippen molar-refractivity contribution in [1.82, 2.24) is 4.90 Å². The first kappa shape index (κ1) is 13.8. The monoisotopic (exact) mass is 255 g/mol. The van der Waals surface area contributed by atoms with Crippen molar-refractivity contribution in [3.05, 3.63) is 0 Å². The Balaban J connectivity index is 2.09. The molecular weight excluding hydrogens is 230 g/mol. The van der Waals surface area contributed by atoms with Gasteiger partial charge in [-0.05, 0) is 25.2 Å². The molecule has 1 amide bonds. The van der Waals surface area contributed by atoms with Gasteiger partial charge >= 0.3 is 0 Å². The number of carbonyl (C=O) groups is 1. The number of amides is 1. The second-order valence-electron chi connectivity index (χ2n) is 6.43. The van der Waals surface area contributed by atoms with E-state index in [2.05, 4.69) is 13.8 Å². The van der Waals surface area contributed by atoms with Crippen molar-refractivity contribution >= 4 is 5.91 Å². The topological polar surface area (TPSA) is 60.8 Å². The summed E-state index contributed by atoms with van der Waals surface area (Å²) < 4.78 is 0. The Morgan fingerprint density at radius 3 is 2.17 bits per heavy atom. The molecule has 2 unspecified atom stereocenters. The van der Waals surface area contributed by atoms with Crippen molar-refractivity contribution in [2.75, 3.05) is 13.1 Å². The van der Waals surface area contributed by atoms with Crippen molar-refractivity contribution in [2.24, 2.45) is 11.3 Å². The third-order valence-electron chi connectivity index (χ3n) is 4.36. The zero-order valence-corrected chi connectivity index (χ0v) is 11.4. The number of hydrogen-bond acceptors (Lipinski definition) is 3. The molecule has 0 aromatic heterocycles. The van der Waals surface area contributed by atoms with Gasteiger partial charge in [-0.2, -0.15) is 0 Å². The maximum atomic E-state index is 12.7. The Bertz CT molecular complexity index is 300. The van der Waals surface area contributed by atoms with E-state index in [-0.39, 0.29) is 11.3 Å². The largest absolute Gasteiger partial charge is 0.388 e. The Labute approximate surface area is 109 Å². The smallest absolute Gasteiger partial charge is 0.228 e. The van der Waals surface area contributed by atoms with Crippen LogP contribution in [0.25, 0.3) is 0 Å². The second-order valence-corrected chi connectivity index (χ2v) is 6.43. The SMILES string of the molecule is CC(C)CC1(C(=O)N2CC(O)C(O)C2)CCCC1. The van der Waals surface area contributed by atoms with Gasteiger partial charge in [0.25, 0.3) is 0 Å². The first-order valence-electron chi connectivity index (χ1n) is 7.10. The summed E-state index contributed by atoms with van der Waals surface area (Å²) in [5.41, 5.74) is -0.224. The Morgan fingerprint density at radius 1 is 1.22 bits per heavy atom. The molecule has 18 heavy (non-hydrogen) atoms. The summed E-state index contributed by atoms with van der Waals surface area (Å²) in [6.45, 7) is 4.89. The van der Waals surface area contributed by atoms with E-state index in [4.69, 9.17) is 0 Å². The quantitative estimate of drug-likeness (QED) is 0.795. The minimum atomic E-state index is -0.772. The lowest BCUT2D eigenvalue weighted by Crippen LogP contribution is -2.42. The first-order valence-corrected chi connectivity index (χ1v) is 7.10. The van der Waals surface area contributed by atoms with Crippen LogP contribution >= 0.6 is 0 Å². The highest BCUT2D eigenvalue weighted by Crippen LogP contribution is 2.45. The fourth-order valence-corrected chi connectivity index (χ4v) is 3.61. The molecule has 0 aromatic carbocycles. The molecule has 0 spiro atoms. The van der Waals surface area contributed by atoms with E-state index in [1.165, 1.54) is 0 Å². The molecule has 2 aliphatic rings. The fraction of sp³-hybridized carbons (Fsp3) is 0.929. The zero-order valence-electron chi connectivity index (χ0n) is 11.4. The number of β-amino-alcohol motifs (C(OH)–C–C–N with tert-alkyl or cyclic N) is 2. The molecule has 1 saturated heterocycles. The highest BCUT2D eigenvalue weighted by Gasteiger charge is 2.46. The number of rotatable bonds is 3. The molecule has 1 heterocycles. The van der Waals surface area contributed by atoms with Gasteiger partial charge < -0.3 is 15.1 Å². The van der Waals surface area contributed by atoms with Crippen LogP contribution in [-0.2, 0) is 4.79 Å². The highest BCUT2D eigenvalue weighted by atomic mass is 16.3. The van der Waals surface area contributed by atoms with Crippen LogP contribution < -0.4 is 0 Å². The van der Waals surface area contributed by atoms with Crippen LogP contribution in [0, 0.1) is 11.3 Å². The molecule has 0 radical (unpaired) electrons. The second kappa shape index (κ2) is 5.17. The van der Waals surface area contributed by atoms with Crippen LogP contribution in [0.4, 0.5) is 0 Å². The van der Waals surface area contributed by atoms with E-state index in [1.54, 1.807) is 4.90 Å². The first-order chi connectivity index (χ1) is 8.44. The van der Waals surface area contributed by atoms with Crippen molar-refractivity contribution in [1.29, 1.82) is 0 Å². The lowest BCUT2D eigenvalue weighted by molar-refractivity contribution is -0.142. The number of nitrogens with zero attached hydrogens (tertiary/aromatic N) is 1. The maximum Gasteiger partial charge on any atom is 0.228 e. The van der Waals surface area contributed by atoms with Gasteiger partial charge in [0.1, 0.15) is 0 Å². The summed E-state index contributed by atoms with van der Waals surface area (Å²) >= 11 is 0. The van der Waals surface area contributed by atoms with Gasteiger partial charge in [-0.25, -0.2) is 0 Å². The minimum Gasteiger partial charge on any atom is -0.388 e. The standard InChI is InChI=1S/C14H25NO3/c1-10(2)7-14(5-3-4-6-14)13(18)15-8-11(16)12(17)9-15/h10-12,16-17H,3-9H2,1-2H3. The van der Waals surface area contributed by atoms with Crippen LogP contribution in [-0.4, -0.2) is 46.3 Å². The molecule has 1 aliphatic carbocycles. The average molecular weight is 255 g/mol. The van der Waals surface area contributed by atoms with E-state index in [0.29, 0.717) is 19.0 Å². The fourth-order valence-electron chi connectivity index (χ4n) is 3.61. The minimum absolute atomic E-state index is 0.157. The van der Waals surface area contributed by atoms with Crippen molar-refractivity contribution < 1.29 is 15.0 Å². The molecule has 0 bridgehead atoms.